The minimum absolute atomic E-state index is 0.393. The maximum atomic E-state index is 10.8. The van der Waals surface area contributed by atoms with Gasteiger partial charge in [0.05, 0.1) is 0 Å². The smallest absolute Gasteiger partial charge is 0.225 e. The van der Waals surface area contributed by atoms with E-state index in [9.17, 15) is 9.59 Å². The lowest BCUT2D eigenvalue weighted by atomic mass is 10.0. The van der Waals surface area contributed by atoms with Crippen molar-refractivity contribution in [2.75, 3.05) is 0 Å². The lowest BCUT2D eigenvalue weighted by Gasteiger charge is -2.02. The van der Waals surface area contributed by atoms with Gasteiger partial charge in [0.15, 0.2) is 0 Å². The van der Waals surface area contributed by atoms with E-state index < -0.39 is 11.6 Å². The van der Waals surface area contributed by atoms with Crippen molar-refractivity contribution in [3.8, 4) is 0 Å². The summed E-state index contributed by atoms with van der Waals surface area (Å²) in [6.07, 6.45) is 6.35. The van der Waals surface area contributed by atoms with Crippen LogP contribution in [0.1, 0.15) is 19.8 Å². The minimum atomic E-state index is -0.412. The average molecular weight is 150 g/mol. The predicted octanol–water partition coefficient (Wildman–Crippen LogP) is 1.42. The molecule has 0 fully saturated rings. The number of carbonyl (C=O) groups is 2. The van der Waals surface area contributed by atoms with E-state index in [0.717, 1.165) is 18.4 Å². The van der Waals surface area contributed by atoms with Crippen LogP contribution in [0, 0.1) is 0 Å². The van der Waals surface area contributed by atoms with Gasteiger partial charge >= 0.3 is 0 Å². The van der Waals surface area contributed by atoms with Gasteiger partial charge in [-0.3, -0.25) is 9.59 Å². The third kappa shape index (κ3) is 1.87. The van der Waals surface area contributed by atoms with E-state index in [0.29, 0.717) is 0 Å². The van der Waals surface area contributed by atoms with Gasteiger partial charge in [0.2, 0.25) is 11.6 Å². The minimum Gasteiger partial charge on any atom is -0.286 e. The highest BCUT2D eigenvalue weighted by Gasteiger charge is 2.11. The van der Waals surface area contributed by atoms with Crippen LogP contribution in [0.25, 0.3) is 0 Å². The van der Waals surface area contributed by atoms with Crippen LogP contribution < -0.4 is 0 Å². The maximum Gasteiger partial charge on any atom is 0.225 e. The van der Waals surface area contributed by atoms with Crippen LogP contribution in [0.5, 0.6) is 0 Å². The van der Waals surface area contributed by atoms with Gasteiger partial charge in [-0.15, -0.1) is 0 Å². The quantitative estimate of drug-likeness (QED) is 0.440. The highest BCUT2D eigenvalue weighted by Crippen LogP contribution is 2.10. The summed E-state index contributed by atoms with van der Waals surface area (Å²) >= 11 is 0. The van der Waals surface area contributed by atoms with Gasteiger partial charge in [-0.1, -0.05) is 19.4 Å². The fourth-order valence-electron chi connectivity index (χ4n) is 0.997. The molecule has 0 aromatic carbocycles. The van der Waals surface area contributed by atoms with Crippen LogP contribution in [0.4, 0.5) is 0 Å². The Morgan fingerprint density at radius 2 is 1.91 bits per heavy atom. The molecule has 0 bridgehead atoms. The molecule has 11 heavy (non-hydrogen) atoms. The van der Waals surface area contributed by atoms with Crippen LogP contribution in [-0.2, 0) is 9.59 Å². The normalized spacial score (nSPS) is 17.0. The molecule has 2 heteroatoms. The molecule has 58 valence electrons. The first-order chi connectivity index (χ1) is 5.24. The Kier molecular flexibility index (Phi) is 2.36. The molecule has 0 unspecified atom stereocenters. The summed E-state index contributed by atoms with van der Waals surface area (Å²) in [6, 6.07) is 0. The Morgan fingerprint density at radius 3 is 2.45 bits per heavy atom. The second-order valence-electron chi connectivity index (χ2n) is 2.53. The molecule has 1 aliphatic carbocycles. The second kappa shape index (κ2) is 3.28. The molecule has 0 aliphatic heterocycles. The van der Waals surface area contributed by atoms with Crippen LogP contribution in [0.2, 0.25) is 0 Å². The first kappa shape index (κ1) is 7.92. The summed E-state index contributed by atoms with van der Waals surface area (Å²) < 4.78 is 0. The van der Waals surface area contributed by atoms with Crippen molar-refractivity contribution in [2.45, 2.75) is 19.8 Å². The van der Waals surface area contributed by atoms with Crippen LogP contribution in [0.15, 0.2) is 23.8 Å². The van der Waals surface area contributed by atoms with Crippen molar-refractivity contribution in [2.24, 2.45) is 0 Å². The Balaban J connectivity index is 2.72. The van der Waals surface area contributed by atoms with Crippen molar-refractivity contribution in [1.82, 2.24) is 0 Å². The molecule has 0 heterocycles. The zero-order chi connectivity index (χ0) is 8.27. The van der Waals surface area contributed by atoms with Crippen LogP contribution >= 0.6 is 0 Å². The summed E-state index contributed by atoms with van der Waals surface area (Å²) in [6.45, 7) is 2.04. The van der Waals surface area contributed by atoms with Crippen molar-refractivity contribution in [3.05, 3.63) is 23.8 Å². The predicted molar refractivity (Wildman–Crippen MR) is 42.1 cm³/mol. The Hall–Kier alpha value is -1.18. The van der Waals surface area contributed by atoms with Crippen LogP contribution in [-0.4, -0.2) is 11.6 Å². The molecule has 2 nitrogen and oxygen atoms in total. The highest BCUT2D eigenvalue weighted by atomic mass is 16.2. The first-order valence-corrected chi connectivity index (χ1v) is 3.71. The van der Waals surface area contributed by atoms with Crippen molar-refractivity contribution >= 4 is 11.6 Å². The van der Waals surface area contributed by atoms with Gasteiger partial charge in [-0.2, -0.15) is 0 Å². The molecule has 0 spiro atoms. The molecule has 1 aliphatic rings. The number of carbonyl (C=O) groups excluding carboxylic acids is 2. The van der Waals surface area contributed by atoms with E-state index in [-0.39, 0.29) is 0 Å². The third-order valence-corrected chi connectivity index (χ3v) is 1.55. The lowest BCUT2D eigenvalue weighted by Crippen LogP contribution is -2.11. The molecule has 0 saturated carbocycles. The molecule has 0 aromatic rings. The molecule has 0 N–H and O–H groups in total. The van der Waals surface area contributed by atoms with Crippen LogP contribution in [0.3, 0.4) is 0 Å². The zero-order valence-electron chi connectivity index (χ0n) is 6.46. The summed E-state index contributed by atoms with van der Waals surface area (Å²) in [7, 11) is 0. The Bertz CT molecular complexity index is 246. The first-order valence-electron chi connectivity index (χ1n) is 3.71. The molecular formula is C9H10O2. The molecular weight excluding hydrogens is 140 g/mol. The van der Waals surface area contributed by atoms with E-state index in [2.05, 4.69) is 0 Å². The van der Waals surface area contributed by atoms with E-state index in [1.54, 1.807) is 6.08 Å². The number of allylic oxidation sites excluding steroid dienone is 4. The van der Waals surface area contributed by atoms with E-state index >= 15 is 0 Å². The third-order valence-electron chi connectivity index (χ3n) is 1.55. The molecule has 0 aromatic heterocycles. The molecule has 0 amide bonds. The van der Waals surface area contributed by atoms with Gasteiger partial charge in [-0.05, 0) is 24.1 Å². The lowest BCUT2D eigenvalue weighted by molar-refractivity contribution is -0.131. The van der Waals surface area contributed by atoms with Crippen molar-refractivity contribution in [3.63, 3.8) is 0 Å². The number of rotatable bonds is 2. The highest BCUT2D eigenvalue weighted by molar-refractivity contribution is 6.46. The standard InChI is InChI=1S/C9H10O2/c1-2-3-7-4-5-8(10)9(11)6-7/h4-6H,2-3H2,1H3. The number of hydrogen-bond acceptors (Lipinski definition) is 2. The summed E-state index contributed by atoms with van der Waals surface area (Å²) in [5.74, 6) is -0.805. The topological polar surface area (TPSA) is 34.1 Å². The van der Waals surface area contributed by atoms with E-state index in [1.165, 1.54) is 12.2 Å². The second-order valence-corrected chi connectivity index (χ2v) is 2.53. The zero-order valence-corrected chi connectivity index (χ0v) is 6.46. The van der Waals surface area contributed by atoms with Gasteiger partial charge in [0.1, 0.15) is 0 Å². The maximum absolute atomic E-state index is 10.8. The summed E-state index contributed by atoms with van der Waals surface area (Å²) in [5.41, 5.74) is 0.956. The van der Waals surface area contributed by atoms with E-state index in [1.807, 2.05) is 6.92 Å². The summed E-state index contributed by atoms with van der Waals surface area (Å²) in [4.78, 5) is 21.5. The Morgan fingerprint density at radius 1 is 1.18 bits per heavy atom. The van der Waals surface area contributed by atoms with Crippen molar-refractivity contribution in [1.29, 1.82) is 0 Å². The average Bonchev–Trinajstić information content (AvgIpc) is 1.98. The van der Waals surface area contributed by atoms with Gasteiger partial charge in [-0.25, -0.2) is 0 Å². The van der Waals surface area contributed by atoms with Crippen molar-refractivity contribution < 1.29 is 9.59 Å². The Labute approximate surface area is 65.6 Å². The van der Waals surface area contributed by atoms with Gasteiger partial charge in [0.25, 0.3) is 0 Å². The van der Waals surface area contributed by atoms with E-state index in [4.69, 9.17) is 0 Å². The number of hydrogen-bond donors (Lipinski definition) is 0. The van der Waals surface area contributed by atoms with Gasteiger partial charge < -0.3 is 0 Å². The fraction of sp³-hybridized carbons (Fsp3) is 0.333. The summed E-state index contributed by atoms with van der Waals surface area (Å²) in [5, 5.41) is 0. The molecule has 0 atom stereocenters. The molecule has 0 radical (unpaired) electrons. The molecule has 1 rings (SSSR count). The fourth-order valence-corrected chi connectivity index (χ4v) is 0.997. The number of ketones is 2. The molecule has 0 saturated heterocycles. The van der Waals surface area contributed by atoms with Gasteiger partial charge in [0, 0.05) is 0 Å². The monoisotopic (exact) mass is 150 g/mol. The SMILES string of the molecule is CCCC1=CC(=O)C(=O)C=C1. The largest absolute Gasteiger partial charge is 0.286 e.